The van der Waals surface area contributed by atoms with E-state index in [1.807, 2.05) is 32.0 Å². The van der Waals surface area contributed by atoms with Gasteiger partial charge in [-0.15, -0.1) is 0 Å². The lowest BCUT2D eigenvalue weighted by Gasteiger charge is -2.24. The number of fused-ring (bicyclic) bond motifs is 1. The van der Waals surface area contributed by atoms with E-state index in [9.17, 15) is 19.2 Å². The molecule has 0 aromatic heterocycles. The van der Waals surface area contributed by atoms with Gasteiger partial charge < -0.3 is 10.1 Å². The van der Waals surface area contributed by atoms with Crippen LogP contribution in [0.4, 0.5) is 5.69 Å². The van der Waals surface area contributed by atoms with Gasteiger partial charge in [-0.05, 0) is 54.8 Å². The number of ether oxygens (including phenoxy) is 1. The van der Waals surface area contributed by atoms with Crippen molar-refractivity contribution in [3.8, 4) is 0 Å². The summed E-state index contributed by atoms with van der Waals surface area (Å²) in [6, 6.07) is 19.7. The van der Waals surface area contributed by atoms with Gasteiger partial charge in [0, 0.05) is 12.1 Å². The molecule has 1 aliphatic rings. The number of carbonyl (C=O) groups is 4. The number of aryl methyl sites for hydroxylation is 2. The minimum absolute atomic E-state index is 0.0733. The molecule has 0 unspecified atom stereocenters. The second-order valence-corrected chi connectivity index (χ2v) is 8.19. The number of nitrogens with zero attached hydrogens (tertiary/aromatic N) is 1. The molecular weight excluding hydrogens is 432 g/mol. The van der Waals surface area contributed by atoms with Gasteiger partial charge in [-0.2, -0.15) is 0 Å². The molecule has 34 heavy (non-hydrogen) atoms. The van der Waals surface area contributed by atoms with Crippen LogP contribution < -0.4 is 5.32 Å². The van der Waals surface area contributed by atoms with Crippen molar-refractivity contribution in [3.63, 3.8) is 0 Å². The maximum absolute atomic E-state index is 13.1. The summed E-state index contributed by atoms with van der Waals surface area (Å²) >= 11 is 0. The molecule has 0 aliphatic carbocycles. The fourth-order valence-electron chi connectivity index (χ4n) is 3.86. The monoisotopic (exact) mass is 456 g/mol. The summed E-state index contributed by atoms with van der Waals surface area (Å²) in [6.45, 7) is 3.36. The highest BCUT2D eigenvalue weighted by Gasteiger charge is 2.43. The predicted molar refractivity (Wildman–Crippen MR) is 126 cm³/mol. The van der Waals surface area contributed by atoms with Crippen molar-refractivity contribution >= 4 is 29.4 Å². The van der Waals surface area contributed by atoms with Crippen molar-refractivity contribution in [2.45, 2.75) is 26.3 Å². The highest BCUT2D eigenvalue weighted by atomic mass is 16.5. The van der Waals surface area contributed by atoms with Gasteiger partial charge >= 0.3 is 5.97 Å². The third kappa shape index (κ3) is 4.73. The SMILES string of the molecule is Cc1ccc(NC(=O)COC(=O)[C@@H](Cc2ccccc2)N2C(=O)c3ccccc3C2=O)cc1C. The van der Waals surface area contributed by atoms with Crippen molar-refractivity contribution < 1.29 is 23.9 Å². The summed E-state index contributed by atoms with van der Waals surface area (Å²) in [5, 5.41) is 2.69. The number of carbonyl (C=O) groups excluding carboxylic acids is 4. The molecule has 4 rings (SSSR count). The second-order valence-electron chi connectivity index (χ2n) is 8.19. The van der Waals surface area contributed by atoms with Crippen LogP contribution in [0.15, 0.2) is 72.8 Å². The highest BCUT2D eigenvalue weighted by Crippen LogP contribution is 2.26. The Morgan fingerprint density at radius 1 is 0.853 bits per heavy atom. The van der Waals surface area contributed by atoms with Crippen LogP contribution in [0.3, 0.4) is 0 Å². The molecule has 7 nitrogen and oxygen atoms in total. The molecule has 0 fully saturated rings. The molecule has 3 amide bonds. The van der Waals surface area contributed by atoms with Crippen molar-refractivity contribution in [2.75, 3.05) is 11.9 Å². The van der Waals surface area contributed by atoms with Gasteiger partial charge in [0.25, 0.3) is 17.7 Å². The number of benzene rings is 3. The van der Waals surface area contributed by atoms with E-state index in [1.54, 1.807) is 54.6 Å². The summed E-state index contributed by atoms with van der Waals surface area (Å²) in [6.07, 6.45) is 0.0733. The minimum atomic E-state index is -1.20. The number of hydrogen-bond donors (Lipinski definition) is 1. The standard InChI is InChI=1S/C27H24N2O5/c1-17-12-13-20(14-18(17)2)28-24(30)16-34-27(33)23(15-19-8-4-3-5-9-19)29-25(31)21-10-6-7-11-22(21)26(29)32/h3-14,23H,15-16H2,1-2H3,(H,28,30)/t23-/m1/s1. The van der Waals surface area contributed by atoms with Crippen LogP contribution >= 0.6 is 0 Å². The normalized spacial score (nSPS) is 13.4. The van der Waals surface area contributed by atoms with Crippen LogP contribution in [0.5, 0.6) is 0 Å². The number of rotatable bonds is 7. The first kappa shape index (κ1) is 22.9. The van der Waals surface area contributed by atoms with Crippen molar-refractivity contribution in [1.29, 1.82) is 0 Å². The molecule has 0 spiro atoms. The summed E-state index contributed by atoms with van der Waals surface area (Å²) in [4.78, 5) is 52.4. The number of amides is 3. The van der Waals surface area contributed by atoms with Crippen LogP contribution in [-0.2, 0) is 20.7 Å². The summed E-state index contributed by atoms with van der Waals surface area (Å²) in [5.74, 6) is -2.46. The van der Waals surface area contributed by atoms with Crippen LogP contribution in [0.1, 0.15) is 37.4 Å². The topological polar surface area (TPSA) is 92.8 Å². The Kier molecular flexibility index (Phi) is 6.54. The number of anilines is 1. The molecule has 1 aliphatic heterocycles. The largest absolute Gasteiger partial charge is 0.454 e. The van der Waals surface area contributed by atoms with Gasteiger partial charge in [0.1, 0.15) is 6.04 Å². The van der Waals surface area contributed by atoms with Gasteiger partial charge in [-0.25, -0.2) is 4.79 Å². The Hall–Kier alpha value is -4.26. The van der Waals surface area contributed by atoms with E-state index in [0.29, 0.717) is 5.69 Å². The molecule has 0 radical (unpaired) electrons. The van der Waals surface area contributed by atoms with Gasteiger partial charge in [0.15, 0.2) is 6.61 Å². The Balaban J connectivity index is 1.50. The first-order chi connectivity index (χ1) is 16.3. The van der Waals surface area contributed by atoms with E-state index in [2.05, 4.69) is 5.32 Å². The molecule has 1 heterocycles. The number of imide groups is 1. The maximum Gasteiger partial charge on any atom is 0.330 e. The van der Waals surface area contributed by atoms with Gasteiger partial charge in [0.2, 0.25) is 0 Å². The van der Waals surface area contributed by atoms with Crippen molar-refractivity contribution in [2.24, 2.45) is 0 Å². The third-order valence-corrected chi connectivity index (χ3v) is 5.82. The first-order valence-electron chi connectivity index (χ1n) is 10.9. The van der Waals surface area contributed by atoms with Gasteiger partial charge in [-0.1, -0.05) is 48.5 Å². The van der Waals surface area contributed by atoms with Crippen LogP contribution in [-0.4, -0.2) is 41.2 Å². The molecule has 1 N–H and O–H groups in total. The van der Waals surface area contributed by atoms with Crippen molar-refractivity contribution in [3.05, 3.63) is 101 Å². The molecular formula is C27H24N2O5. The lowest BCUT2D eigenvalue weighted by atomic mass is 10.0. The zero-order valence-electron chi connectivity index (χ0n) is 18.9. The first-order valence-corrected chi connectivity index (χ1v) is 10.9. The van der Waals surface area contributed by atoms with Crippen LogP contribution in [0.25, 0.3) is 0 Å². The molecule has 1 atom stereocenters. The van der Waals surface area contributed by atoms with E-state index in [-0.39, 0.29) is 17.5 Å². The maximum atomic E-state index is 13.1. The molecule has 3 aromatic carbocycles. The quantitative estimate of drug-likeness (QED) is 0.432. The Morgan fingerprint density at radius 3 is 2.09 bits per heavy atom. The summed E-state index contributed by atoms with van der Waals surface area (Å²) in [7, 11) is 0. The van der Waals surface area contributed by atoms with E-state index >= 15 is 0 Å². The molecule has 3 aromatic rings. The van der Waals surface area contributed by atoms with Gasteiger partial charge in [0.05, 0.1) is 11.1 Å². The van der Waals surface area contributed by atoms with Crippen LogP contribution in [0.2, 0.25) is 0 Å². The third-order valence-electron chi connectivity index (χ3n) is 5.82. The van der Waals surface area contributed by atoms with E-state index in [4.69, 9.17) is 4.74 Å². The molecule has 172 valence electrons. The molecule has 7 heteroatoms. The van der Waals surface area contributed by atoms with Crippen molar-refractivity contribution in [1.82, 2.24) is 4.90 Å². The zero-order chi connectivity index (χ0) is 24.2. The molecule has 0 saturated heterocycles. The molecule has 0 bridgehead atoms. The summed E-state index contributed by atoms with van der Waals surface area (Å²) < 4.78 is 5.28. The average molecular weight is 456 g/mol. The Morgan fingerprint density at radius 2 is 1.47 bits per heavy atom. The average Bonchev–Trinajstić information content (AvgIpc) is 3.09. The predicted octanol–water partition coefficient (Wildman–Crippen LogP) is 3.69. The lowest BCUT2D eigenvalue weighted by Crippen LogP contribution is -2.47. The number of esters is 1. The lowest BCUT2D eigenvalue weighted by molar-refractivity contribution is -0.151. The second kappa shape index (κ2) is 9.70. The van der Waals surface area contributed by atoms with E-state index in [1.165, 1.54) is 0 Å². The van der Waals surface area contributed by atoms with Crippen LogP contribution in [0, 0.1) is 13.8 Å². The Bertz CT molecular complexity index is 1230. The Labute approximate surface area is 197 Å². The number of hydrogen-bond acceptors (Lipinski definition) is 5. The summed E-state index contributed by atoms with van der Waals surface area (Å²) in [5.41, 5.74) is 3.93. The van der Waals surface area contributed by atoms with Gasteiger partial charge in [-0.3, -0.25) is 19.3 Å². The van der Waals surface area contributed by atoms with E-state index in [0.717, 1.165) is 21.6 Å². The fourth-order valence-corrected chi connectivity index (χ4v) is 3.86. The zero-order valence-corrected chi connectivity index (χ0v) is 18.9. The number of nitrogens with one attached hydrogen (secondary N) is 1. The highest BCUT2D eigenvalue weighted by molar-refractivity contribution is 6.22. The fraction of sp³-hybridized carbons (Fsp3) is 0.185. The molecule has 0 saturated carbocycles. The smallest absolute Gasteiger partial charge is 0.330 e. The van der Waals surface area contributed by atoms with E-state index < -0.39 is 36.3 Å². The minimum Gasteiger partial charge on any atom is -0.454 e.